The first-order chi connectivity index (χ1) is 11.0. The van der Waals surface area contributed by atoms with Crippen LogP contribution < -0.4 is 4.80 Å². The number of hydrogen-bond acceptors (Lipinski definition) is 5. The van der Waals surface area contributed by atoms with Gasteiger partial charge in [-0.1, -0.05) is 17.4 Å². The first kappa shape index (κ1) is 15.3. The zero-order chi connectivity index (χ0) is 16.4. The number of nitro benzene ring substituents is 1. The van der Waals surface area contributed by atoms with E-state index in [9.17, 15) is 14.9 Å². The van der Waals surface area contributed by atoms with Crippen LogP contribution in [0.2, 0.25) is 0 Å². The summed E-state index contributed by atoms with van der Waals surface area (Å²) in [7, 11) is 1.73. The van der Waals surface area contributed by atoms with Crippen molar-refractivity contribution in [3.63, 3.8) is 0 Å². The van der Waals surface area contributed by atoms with Crippen LogP contribution in [-0.4, -0.2) is 15.4 Å². The Hall–Kier alpha value is -2.58. The third-order valence-corrected chi connectivity index (χ3v) is 5.09. The zero-order valence-electron chi connectivity index (χ0n) is 12.0. The molecule has 0 radical (unpaired) electrons. The van der Waals surface area contributed by atoms with Crippen LogP contribution in [0.15, 0.2) is 46.8 Å². The maximum absolute atomic E-state index is 11.9. The maximum Gasteiger partial charge on any atom is 0.272 e. The van der Waals surface area contributed by atoms with Crippen molar-refractivity contribution in [2.24, 2.45) is 12.0 Å². The number of carbonyl (C=O) groups excluding carboxylic acids is 1. The van der Waals surface area contributed by atoms with Crippen LogP contribution in [0.1, 0.15) is 4.88 Å². The van der Waals surface area contributed by atoms with Crippen LogP contribution in [0.4, 0.5) is 5.69 Å². The summed E-state index contributed by atoms with van der Waals surface area (Å²) in [6, 6.07) is 8.42. The van der Waals surface area contributed by atoms with E-state index in [0.717, 1.165) is 9.58 Å². The molecule has 0 atom stereocenters. The zero-order valence-corrected chi connectivity index (χ0v) is 13.6. The molecule has 3 aromatic rings. The minimum Gasteiger partial charge on any atom is -0.319 e. The van der Waals surface area contributed by atoms with Gasteiger partial charge in [0, 0.05) is 30.1 Å². The largest absolute Gasteiger partial charge is 0.319 e. The Labute approximate surface area is 138 Å². The van der Waals surface area contributed by atoms with E-state index < -0.39 is 4.92 Å². The topological polar surface area (TPSA) is 77.5 Å². The Balaban J connectivity index is 1.97. The second-order valence-electron chi connectivity index (χ2n) is 4.65. The van der Waals surface area contributed by atoms with Crippen LogP contribution in [-0.2, 0) is 11.8 Å². The first-order valence-electron chi connectivity index (χ1n) is 6.59. The molecule has 0 N–H and O–H groups in total. The van der Waals surface area contributed by atoms with Gasteiger partial charge in [0.15, 0.2) is 4.80 Å². The highest BCUT2D eigenvalue weighted by Crippen LogP contribution is 2.22. The highest BCUT2D eigenvalue weighted by Gasteiger charge is 2.10. The van der Waals surface area contributed by atoms with E-state index in [2.05, 4.69) is 4.99 Å². The molecule has 0 spiro atoms. The summed E-state index contributed by atoms with van der Waals surface area (Å²) in [6.07, 6.45) is 3.13. The lowest BCUT2D eigenvalue weighted by molar-refractivity contribution is -0.384. The normalized spacial score (nSPS) is 12.3. The molecule has 116 valence electrons. The number of hydrogen-bond donors (Lipinski definition) is 0. The monoisotopic (exact) mass is 345 g/mol. The summed E-state index contributed by atoms with van der Waals surface area (Å²) in [5.41, 5.74) is 0.694. The fourth-order valence-electron chi connectivity index (χ4n) is 2.01. The van der Waals surface area contributed by atoms with Crippen LogP contribution >= 0.6 is 22.7 Å². The summed E-state index contributed by atoms with van der Waals surface area (Å²) >= 11 is 2.85. The number of benzene rings is 1. The standard InChI is InChI=1S/C15H11N3O3S2/c1-17-12-9-10(18(20)21)4-6-13(12)23-15(17)16-14(19)7-5-11-3-2-8-22-11/h2-9H,1H3. The molecule has 1 amide bonds. The van der Waals surface area contributed by atoms with Gasteiger partial charge in [-0.15, -0.1) is 11.3 Å². The van der Waals surface area contributed by atoms with Crippen molar-refractivity contribution in [3.8, 4) is 0 Å². The third kappa shape index (κ3) is 3.27. The lowest BCUT2D eigenvalue weighted by Gasteiger charge is -1.95. The molecule has 0 saturated carbocycles. The molecule has 8 heteroatoms. The smallest absolute Gasteiger partial charge is 0.272 e. The third-order valence-electron chi connectivity index (χ3n) is 3.14. The molecule has 0 unspecified atom stereocenters. The number of nitro groups is 1. The highest BCUT2D eigenvalue weighted by atomic mass is 32.1. The molecular weight excluding hydrogens is 334 g/mol. The second-order valence-corrected chi connectivity index (χ2v) is 6.64. The van der Waals surface area contributed by atoms with Crippen LogP contribution in [0.3, 0.4) is 0 Å². The Morgan fingerprint density at radius 3 is 2.91 bits per heavy atom. The second kappa shape index (κ2) is 6.27. The lowest BCUT2D eigenvalue weighted by atomic mass is 10.3. The number of aryl methyl sites for hydroxylation is 1. The van der Waals surface area contributed by atoms with Crippen molar-refractivity contribution < 1.29 is 9.72 Å². The molecule has 23 heavy (non-hydrogen) atoms. The molecule has 0 bridgehead atoms. The van der Waals surface area contributed by atoms with Gasteiger partial charge in [0.1, 0.15) is 0 Å². The summed E-state index contributed by atoms with van der Waals surface area (Å²) in [6.45, 7) is 0. The minimum absolute atomic E-state index is 0.0152. The van der Waals surface area contributed by atoms with Gasteiger partial charge in [-0.3, -0.25) is 14.9 Å². The average Bonchev–Trinajstić information content (AvgIpc) is 3.14. The van der Waals surface area contributed by atoms with Crippen molar-refractivity contribution in [2.75, 3.05) is 0 Å². The SMILES string of the molecule is Cn1c(=NC(=O)C=Cc2cccs2)sc2ccc([N+](=O)[O-])cc21. The van der Waals surface area contributed by atoms with E-state index in [1.807, 2.05) is 17.5 Å². The number of carbonyl (C=O) groups is 1. The number of non-ortho nitro benzene ring substituents is 1. The van der Waals surface area contributed by atoms with Crippen molar-refractivity contribution in [2.45, 2.75) is 0 Å². The predicted octanol–water partition coefficient (Wildman–Crippen LogP) is 3.35. The van der Waals surface area contributed by atoms with Gasteiger partial charge in [0.2, 0.25) is 0 Å². The predicted molar refractivity (Wildman–Crippen MR) is 91.4 cm³/mol. The van der Waals surface area contributed by atoms with Gasteiger partial charge in [0.05, 0.1) is 15.1 Å². The number of rotatable bonds is 3. The summed E-state index contributed by atoms with van der Waals surface area (Å²) in [5.74, 6) is -0.366. The molecular formula is C15H11N3O3S2. The first-order valence-corrected chi connectivity index (χ1v) is 8.28. The lowest BCUT2D eigenvalue weighted by Crippen LogP contribution is -2.12. The van der Waals surface area contributed by atoms with Gasteiger partial charge in [-0.25, -0.2) is 0 Å². The fourth-order valence-corrected chi connectivity index (χ4v) is 3.63. The van der Waals surface area contributed by atoms with Gasteiger partial charge in [-0.2, -0.15) is 4.99 Å². The molecule has 1 aromatic carbocycles. The van der Waals surface area contributed by atoms with Crippen LogP contribution in [0, 0.1) is 10.1 Å². The van der Waals surface area contributed by atoms with Crippen LogP contribution in [0.5, 0.6) is 0 Å². The van der Waals surface area contributed by atoms with Crippen molar-refractivity contribution in [1.82, 2.24) is 4.57 Å². The van der Waals surface area contributed by atoms with E-state index in [0.29, 0.717) is 10.3 Å². The molecule has 0 fully saturated rings. The Bertz CT molecular complexity index is 981. The van der Waals surface area contributed by atoms with Gasteiger partial charge in [-0.05, 0) is 23.6 Å². The number of fused-ring (bicyclic) bond motifs is 1. The van der Waals surface area contributed by atoms with Crippen molar-refractivity contribution in [3.05, 3.63) is 61.6 Å². The number of nitrogens with zero attached hydrogens (tertiary/aromatic N) is 3. The molecule has 0 aliphatic carbocycles. The van der Waals surface area contributed by atoms with Crippen molar-refractivity contribution in [1.29, 1.82) is 0 Å². The Morgan fingerprint density at radius 1 is 1.39 bits per heavy atom. The molecule has 0 aliphatic heterocycles. The summed E-state index contributed by atoms with van der Waals surface area (Å²) in [5, 5.41) is 12.8. The maximum atomic E-state index is 11.9. The van der Waals surface area contributed by atoms with E-state index in [1.165, 1.54) is 40.9 Å². The summed E-state index contributed by atoms with van der Waals surface area (Å²) < 4.78 is 2.52. The highest BCUT2D eigenvalue weighted by molar-refractivity contribution is 7.16. The number of thiazole rings is 1. The van der Waals surface area contributed by atoms with E-state index in [1.54, 1.807) is 23.8 Å². The number of aromatic nitrogens is 1. The van der Waals surface area contributed by atoms with Gasteiger partial charge in [0.25, 0.3) is 11.6 Å². The van der Waals surface area contributed by atoms with E-state index in [4.69, 9.17) is 0 Å². The molecule has 0 aliphatic rings. The van der Waals surface area contributed by atoms with E-state index >= 15 is 0 Å². The van der Waals surface area contributed by atoms with Crippen molar-refractivity contribution >= 4 is 50.6 Å². The molecule has 2 heterocycles. The number of thiophene rings is 1. The quantitative estimate of drug-likeness (QED) is 0.415. The van der Waals surface area contributed by atoms with E-state index in [-0.39, 0.29) is 11.6 Å². The van der Waals surface area contributed by atoms with Gasteiger partial charge >= 0.3 is 0 Å². The Morgan fingerprint density at radius 2 is 2.22 bits per heavy atom. The molecule has 3 rings (SSSR count). The molecule has 2 aromatic heterocycles. The summed E-state index contributed by atoms with van der Waals surface area (Å²) in [4.78, 5) is 27.9. The molecule has 6 nitrogen and oxygen atoms in total. The average molecular weight is 345 g/mol. The molecule has 0 saturated heterocycles. The fraction of sp³-hybridized carbons (Fsp3) is 0.0667. The minimum atomic E-state index is -0.442. The number of amides is 1. The van der Waals surface area contributed by atoms with Crippen LogP contribution in [0.25, 0.3) is 16.3 Å². The van der Waals surface area contributed by atoms with Gasteiger partial charge < -0.3 is 4.57 Å². The Kier molecular flexibility index (Phi) is 4.18.